The van der Waals surface area contributed by atoms with Gasteiger partial charge in [-0.05, 0) is 19.7 Å². The van der Waals surface area contributed by atoms with Crippen LogP contribution in [0.25, 0.3) is 0 Å². The number of nitrogens with zero attached hydrogens (tertiary/aromatic N) is 1. The third kappa shape index (κ3) is 61.3. The Balaban J connectivity index is -0.000000137. The van der Waals surface area contributed by atoms with Crippen LogP contribution in [0, 0.1) is 0 Å². The molecule has 1 heteroatoms. The molecule has 0 aromatic rings. The lowest BCUT2D eigenvalue weighted by Gasteiger charge is -1.76. The molecule has 0 aliphatic heterocycles. The van der Waals surface area contributed by atoms with Crippen molar-refractivity contribution in [2.75, 3.05) is 0 Å². The van der Waals surface area contributed by atoms with Crippen molar-refractivity contribution in [1.82, 2.24) is 0 Å². The molecule has 0 aliphatic carbocycles. The molecular formula is C11H23N. The highest BCUT2D eigenvalue weighted by atomic mass is 14.6. The van der Waals surface area contributed by atoms with Crippen LogP contribution in [-0.2, 0) is 0 Å². The Hall–Kier alpha value is -0.850. The van der Waals surface area contributed by atoms with Gasteiger partial charge in [0.25, 0.3) is 0 Å². The molecule has 0 aliphatic rings. The lowest BCUT2D eigenvalue weighted by Crippen LogP contribution is -1.56. The van der Waals surface area contributed by atoms with Gasteiger partial charge in [0, 0.05) is 6.20 Å². The van der Waals surface area contributed by atoms with Crippen molar-refractivity contribution in [3.05, 3.63) is 24.4 Å². The van der Waals surface area contributed by atoms with Gasteiger partial charge in [-0.25, -0.2) is 0 Å². The van der Waals surface area contributed by atoms with Crippen LogP contribution in [0.3, 0.4) is 0 Å². The maximum atomic E-state index is 3.62. The highest BCUT2D eigenvalue weighted by Gasteiger charge is 1.66. The van der Waals surface area contributed by atoms with Crippen LogP contribution in [0.5, 0.6) is 0 Å². The number of rotatable bonds is 2. The standard InChI is InChI=1S/C6H9N.C3H8.C2H6/c1-6(2)4-5-7-3;1-3-2;1-2/h4-5H,1,3H2,2H3;3H2,1-2H3;1-2H3/b5-4-;;. The van der Waals surface area contributed by atoms with E-state index < -0.39 is 0 Å². The maximum absolute atomic E-state index is 3.62. The van der Waals surface area contributed by atoms with Crippen molar-refractivity contribution >= 4 is 6.72 Å². The summed E-state index contributed by atoms with van der Waals surface area (Å²) in [5.41, 5.74) is 0.993. The summed E-state index contributed by atoms with van der Waals surface area (Å²) >= 11 is 0. The van der Waals surface area contributed by atoms with E-state index in [1.165, 1.54) is 6.42 Å². The number of hydrogen-bond acceptors (Lipinski definition) is 1. The first kappa shape index (κ1) is 17.3. The van der Waals surface area contributed by atoms with Gasteiger partial charge in [-0.3, -0.25) is 4.99 Å². The summed E-state index contributed by atoms with van der Waals surface area (Å²) < 4.78 is 0. The summed E-state index contributed by atoms with van der Waals surface area (Å²) in [7, 11) is 0. The van der Waals surface area contributed by atoms with E-state index in [4.69, 9.17) is 0 Å². The van der Waals surface area contributed by atoms with Crippen LogP contribution < -0.4 is 0 Å². The van der Waals surface area contributed by atoms with Crippen molar-refractivity contribution in [2.45, 2.75) is 41.0 Å². The quantitative estimate of drug-likeness (QED) is 0.433. The second-order valence-electron chi connectivity index (χ2n) is 2.05. The minimum Gasteiger partial charge on any atom is -0.273 e. The predicted octanol–water partition coefficient (Wildman–Crippen LogP) is 4.22. The van der Waals surface area contributed by atoms with E-state index in [0.717, 1.165) is 5.57 Å². The molecule has 0 N–H and O–H groups in total. The average Bonchev–Trinajstić information content (AvgIpc) is 2.06. The number of allylic oxidation sites excluding steroid dienone is 2. The molecule has 0 saturated heterocycles. The molecule has 0 spiro atoms. The van der Waals surface area contributed by atoms with E-state index >= 15 is 0 Å². The fourth-order valence-electron chi connectivity index (χ4n) is 0.180. The Kier molecular flexibility index (Phi) is 32.4. The van der Waals surface area contributed by atoms with Crippen LogP contribution in [0.4, 0.5) is 0 Å². The monoisotopic (exact) mass is 169 g/mol. The van der Waals surface area contributed by atoms with Crippen LogP contribution in [0.1, 0.15) is 41.0 Å². The highest BCUT2D eigenvalue weighted by molar-refractivity contribution is 5.26. The smallest absolute Gasteiger partial charge is 0.0262 e. The average molecular weight is 169 g/mol. The van der Waals surface area contributed by atoms with Gasteiger partial charge in [-0.2, -0.15) is 0 Å². The van der Waals surface area contributed by atoms with E-state index in [1.54, 1.807) is 12.3 Å². The molecule has 0 radical (unpaired) electrons. The van der Waals surface area contributed by atoms with E-state index in [9.17, 15) is 0 Å². The van der Waals surface area contributed by atoms with Crippen molar-refractivity contribution < 1.29 is 0 Å². The summed E-state index contributed by atoms with van der Waals surface area (Å²) in [4.78, 5) is 3.48. The first-order valence-corrected chi connectivity index (χ1v) is 4.46. The zero-order chi connectivity index (χ0) is 10.4. The molecule has 0 unspecified atom stereocenters. The van der Waals surface area contributed by atoms with Crippen molar-refractivity contribution in [2.24, 2.45) is 4.99 Å². The normalized spacial score (nSPS) is 7.42. The Labute approximate surface area is 77.9 Å². The van der Waals surface area contributed by atoms with Crippen LogP contribution in [-0.4, -0.2) is 6.72 Å². The summed E-state index contributed by atoms with van der Waals surface area (Å²) in [6.45, 7) is 17.0. The molecule has 0 amide bonds. The van der Waals surface area contributed by atoms with E-state index in [1.807, 2.05) is 20.8 Å². The summed E-state index contributed by atoms with van der Waals surface area (Å²) in [5, 5.41) is 0. The van der Waals surface area contributed by atoms with Crippen molar-refractivity contribution in [3.63, 3.8) is 0 Å². The van der Waals surface area contributed by atoms with Gasteiger partial charge in [-0.15, -0.1) is 0 Å². The predicted molar refractivity (Wildman–Crippen MR) is 60.8 cm³/mol. The summed E-state index contributed by atoms with van der Waals surface area (Å²) in [5.74, 6) is 0. The number of aliphatic imine (C=N–C) groups is 1. The highest BCUT2D eigenvalue weighted by Crippen LogP contribution is 1.86. The fraction of sp³-hybridized carbons (Fsp3) is 0.545. The minimum atomic E-state index is 0.993. The van der Waals surface area contributed by atoms with Gasteiger partial charge >= 0.3 is 0 Å². The zero-order valence-corrected chi connectivity index (χ0v) is 9.22. The molecule has 0 heterocycles. The second-order valence-corrected chi connectivity index (χ2v) is 2.05. The topological polar surface area (TPSA) is 12.4 Å². The number of hydrogen-bond donors (Lipinski definition) is 0. The molecule has 1 nitrogen and oxygen atoms in total. The van der Waals surface area contributed by atoms with Crippen LogP contribution >= 0.6 is 0 Å². The van der Waals surface area contributed by atoms with E-state index in [-0.39, 0.29) is 0 Å². The molecule has 0 bridgehead atoms. The Morgan fingerprint density at radius 3 is 1.75 bits per heavy atom. The SMILES string of the molecule is C=N/C=C\C(=C)C.CC.CCC. The van der Waals surface area contributed by atoms with Gasteiger partial charge in [0.2, 0.25) is 0 Å². The fourth-order valence-corrected chi connectivity index (χ4v) is 0.180. The molecule has 0 atom stereocenters. The zero-order valence-electron chi connectivity index (χ0n) is 9.22. The molecule has 12 heavy (non-hydrogen) atoms. The first-order chi connectivity index (χ1) is 5.68. The van der Waals surface area contributed by atoms with Gasteiger partial charge < -0.3 is 0 Å². The van der Waals surface area contributed by atoms with Crippen molar-refractivity contribution in [3.8, 4) is 0 Å². The molecule has 72 valence electrons. The lowest BCUT2D eigenvalue weighted by atomic mass is 10.3. The summed E-state index contributed by atoms with van der Waals surface area (Å²) in [6.07, 6.45) is 4.66. The molecule has 0 aromatic carbocycles. The third-order valence-corrected chi connectivity index (χ3v) is 0.464. The lowest BCUT2D eigenvalue weighted by molar-refractivity contribution is 1.09. The first-order valence-electron chi connectivity index (χ1n) is 4.46. The molecule has 0 rings (SSSR count). The maximum Gasteiger partial charge on any atom is 0.0262 e. The molecular weight excluding hydrogens is 146 g/mol. The van der Waals surface area contributed by atoms with Gasteiger partial charge in [-0.1, -0.05) is 46.3 Å². The van der Waals surface area contributed by atoms with Crippen molar-refractivity contribution in [1.29, 1.82) is 0 Å². The Morgan fingerprint density at radius 2 is 1.67 bits per heavy atom. The van der Waals surface area contributed by atoms with Crippen LogP contribution in [0.15, 0.2) is 29.4 Å². The second kappa shape index (κ2) is 22.5. The molecule has 0 fully saturated rings. The van der Waals surface area contributed by atoms with Gasteiger partial charge in [0.1, 0.15) is 0 Å². The van der Waals surface area contributed by atoms with Gasteiger partial charge in [0.05, 0.1) is 0 Å². The van der Waals surface area contributed by atoms with Crippen LogP contribution in [0.2, 0.25) is 0 Å². The largest absolute Gasteiger partial charge is 0.273 e. The minimum absolute atomic E-state index is 0.993. The third-order valence-electron chi connectivity index (χ3n) is 0.464. The Morgan fingerprint density at radius 1 is 1.33 bits per heavy atom. The Bertz CT molecular complexity index is 112. The van der Waals surface area contributed by atoms with Gasteiger partial charge in [0.15, 0.2) is 0 Å². The molecule has 0 aromatic heterocycles. The van der Waals surface area contributed by atoms with E-state index in [2.05, 4.69) is 32.1 Å². The molecule has 0 saturated carbocycles. The van der Waals surface area contributed by atoms with E-state index in [0.29, 0.717) is 0 Å². The summed E-state index contributed by atoms with van der Waals surface area (Å²) in [6, 6.07) is 0.